The second kappa shape index (κ2) is 12.4. The average Bonchev–Trinajstić information content (AvgIpc) is 3.56. The summed E-state index contributed by atoms with van der Waals surface area (Å²) in [5.41, 5.74) is 2.58. The van der Waals surface area contributed by atoms with Gasteiger partial charge in [-0.05, 0) is 73.1 Å². The van der Waals surface area contributed by atoms with Gasteiger partial charge in [-0.2, -0.15) is 0 Å². The van der Waals surface area contributed by atoms with Crippen molar-refractivity contribution < 1.29 is 33.1 Å². The monoisotopic (exact) mass is 705 g/mol. The molecule has 1 spiro atoms. The molecule has 9 nitrogen and oxygen atoms in total. The van der Waals surface area contributed by atoms with Crippen LogP contribution in [-0.2, 0) is 37.7 Å². The predicted octanol–water partition coefficient (Wildman–Crippen LogP) is 6.53. The number of nitrogens with zero attached hydrogens (tertiary/aromatic N) is 3. The number of ether oxygens (including phenoxy) is 2. The normalized spacial score (nSPS) is 25.5. The van der Waals surface area contributed by atoms with E-state index < -0.39 is 37.6 Å². The van der Waals surface area contributed by atoms with E-state index in [9.17, 15) is 14.7 Å². The molecule has 11 heteroatoms. The van der Waals surface area contributed by atoms with Gasteiger partial charge in [0.15, 0.2) is 12.2 Å². The number of amides is 3. The number of carbonyl (C=O) groups is 3. The molecule has 0 aliphatic carbocycles. The van der Waals surface area contributed by atoms with E-state index in [1.807, 2.05) is 85.8 Å². The number of para-hydroxylation sites is 3. The summed E-state index contributed by atoms with van der Waals surface area (Å²) in [5.74, 6) is -0.977. The van der Waals surface area contributed by atoms with Gasteiger partial charge in [0.2, 0.25) is 14.3 Å². The van der Waals surface area contributed by atoms with Crippen LogP contribution in [0.1, 0.15) is 30.0 Å². The number of halogens is 1. The molecule has 3 amide bonds. The van der Waals surface area contributed by atoms with Crippen LogP contribution in [0, 0.1) is 5.92 Å². The van der Waals surface area contributed by atoms with Gasteiger partial charge in [0, 0.05) is 34.9 Å². The third-order valence-electron chi connectivity index (χ3n) is 11.1. The van der Waals surface area contributed by atoms with Crippen molar-refractivity contribution in [2.24, 2.45) is 5.92 Å². The number of anilines is 4. The number of hydrogen-bond acceptors (Lipinski definition) is 6. The Labute approximate surface area is 297 Å². The molecule has 0 aromatic heterocycles. The quantitative estimate of drug-likeness (QED) is 0.181. The van der Waals surface area contributed by atoms with E-state index in [4.69, 9.17) is 9.47 Å². The SMILES string of the molecule is C[C@H]1[C@H]([Si](C)(C)F)[C@@H](CC(=O)N2Cc3ccccc3C[C@H]2CO)O[C@]12C(=O)N(c1ccccc1)c1ccc(N3C(=O)COc4ccccc43)cc12. The van der Waals surface area contributed by atoms with Crippen molar-refractivity contribution in [1.82, 2.24) is 4.90 Å². The Morgan fingerprint density at radius 2 is 1.61 bits per heavy atom. The first kappa shape index (κ1) is 33.3. The predicted molar refractivity (Wildman–Crippen MR) is 193 cm³/mol. The first-order valence-corrected chi connectivity index (χ1v) is 20.4. The van der Waals surface area contributed by atoms with Crippen LogP contribution in [0.3, 0.4) is 0 Å². The zero-order valence-corrected chi connectivity index (χ0v) is 29.8. The summed E-state index contributed by atoms with van der Waals surface area (Å²) in [5, 5.41) is 10.3. The van der Waals surface area contributed by atoms with Crippen LogP contribution in [0.15, 0.2) is 97.1 Å². The number of hydrogen-bond donors (Lipinski definition) is 1. The summed E-state index contributed by atoms with van der Waals surface area (Å²) in [7, 11) is -3.60. The zero-order chi connectivity index (χ0) is 35.7. The molecule has 1 N–H and O–H groups in total. The summed E-state index contributed by atoms with van der Waals surface area (Å²) >= 11 is 0. The first-order valence-electron chi connectivity index (χ1n) is 17.5. The molecule has 4 aliphatic heterocycles. The molecule has 0 unspecified atom stereocenters. The largest absolute Gasteiger partial charge is 0.482 e. The summed E-state index contributed by atoms with van der Waals surface area (Å²) in [6, 6.07) is 29.4. The maximum Gasteiger partial charge on any atom is 0.269 e. The van der Waals surface area contributed by atoms with Gasteiger partial charge in [-0.1, -0.05) is 61.5 Å². The number of fused-ring (bicyclic) bond motifs is 4. The van der Waals surface area contributed by atoms with E-state index in [0.29, 0.717) is 47.0 Å². The van der Waals surface area contributed by atoms with Crippen molar-refractivity contribution in [1.29, 1.82) is 0 Å². The van der Waals surface area contributed by atoms with E-state index in [0.717, 1.165) is 11.1 Å². The van der Waals surface area contributed by atoms with Gasteiger partial charge >= 0.3 is 0 Å². The third kappa shape index (κ3) is 5.28. The number of benzene rings is 4. The summed E-state index contributed by atoms with van der Waals surface area (Å²) in [6.07, 6.45) is -0.530. The van der Waals surface area contributed by atoms with E-state index in [-0.39, 0.29) is 37.4 Å². The third-order valence-corrected chi connectivity index (χ3v) is 13.6. The molecule has 1 fully saturated rings. The molecule has 262 valence electrons. The van der Waals surface area contributed by atoms with Crippen molar-refractivity contribution in [2.75, 3.05) is 23.0 Å². The maximum atomic E-state index is 16.7. The Kier molecular flexibility index (Phi) is 8.12. The minimum Gasteiger partial charge on any atom is -0.482 e. The van der Waals surface area contributed by atoms with Crippen LogP contribution in [0.4, 0.5) is 26.9 Å². The van der Waals surface area contributed by atoms with Crippen LogP contribution in [0.5, 0.6) is 5.75 Å². The standard InChI is InChI=1S/C40H40FN3O6Si/c1-25-38(51(2,3)41)35(21-36(46)42-22-27-12-8-7-11-26(27)19-30(42)23-45)50-40(25)31-20-29(43-33-15-9-10-16-34(33)49-24-37(43)47)17-18-32(31)44(39(40)48)28-13-5-4-6-14-28/h4-18,20,25,30,35,38,45H,19,21-24H2,1-3H3/t25-,30-,35+,38-,40+/m0/s1. The molecule has 0 bridgehead atoms. The fraction of sp³-hybridized carbons (Fsp3) is 0.325. The Morgan fingerprint density at radius 1 is 0.902 bits per heavy atom. The fourth-order valence-electron chi connectivity index (χ4n) is 8.85. The highest BCUT2D eigenvalue weighted by molar-refractivity contribution is 6.72. The van der Waals surface area contributed by atoms with Gasteiger partial charge in [-0.3, -0.25) is 24.2 Å². The molecular formula is C40H40FN3O6Si. The van der Waals surface area contributed by atoms with Crippen LogP contribution >= 0.6 is 0 Å². The van der Waals surface area contributed by atoms with Crippen LogP contribution < -0.4 is 14.5 Å². The van der Waals surface area contributed by atoms with Gasteiger partial charge in [0.05, 0.1) is 36.5 Å². The molecule has 0 radical (unpaired) electrons. The van der Waals surface area contributed by atoms with E-state index in [2.05, 4.69) is 0 Å². The first-order chi connectivity index (χ1) is 24.5. The number of aliphatic hydroxyl groups excluding tert-OH is 1. The molecule has 8 rings (SSSR count). The summed E-state index contributed by atoms with van der Waals surface area (Å²) < 4.78 is 29.3. The van der Waals surface area contributed by atoms with E-state index in [1.165, 1.54) is 0 Å². The highest BCUT2D eigenvalue weighted by atomic mass is 28.4. The number of rotatable bonds is 6. The summed E-state index contributed by atoms with van der Waals surface area (Å²) in [6.45, 7) is 5.05. The van der Waals surface area contributed by atoms with Crippen molar-refractivity contribution in [3.05, 3.63) is 114 Å². The molecule has 5 atom stereocenters. The van der Waals surface area contributed by atoms with Crippen molar-refractivity contribution in [3.8, 4) is 5.75 Å². The lowest BCUT2D eigenvalue weighted by molar-refractivity contribution is -0.150. The van der Waals surface area contributed by atoms with Gasteiger partial charge in [-0.15, -0.1) is 0 Å². The van der Waals surface area contributed by atoms with Crippen LogP contribution in [-0.4, -0.2) is 61.5 Å². The maximum absolute atomic E-state index is 16.7. The molecule has 4 aromatic carbocycles. The van der Waals surface area contributed by atoms with Crippen LogP contribution in [0.2, 0.25) is 18.6 Å². The van der Waals surface area contributed by atoms with Crippen molar-refractivity contribution in [3.63, 3.8) is 0 Å². The molecule has 4 aromatic rings. The Morgan fingerprint density at radius 3 is 2.35 bits per heavy atom. The minimum atomic E-state index is -3.60. The fourth-order valence-corrected chi connectivity index (χ4v) is 11.3. The van der Waals surface area contributed by atoms with Gasteiger partial charge in [-0.25, -0.2) is 0 Å². The lowest BCUT2D eigenvalue weighted by Crippen LogP contribution is -2.48. The smallest absolute Gasteiger partial charge is 0.269 e. The van der Waals surface area contributed by atoms with Crippen molar-refractivity contribution in [2.45, 2.75) is 62.7 Å². The lowest BCUT2D eigenvalue weighted by atomic mass is 9.82. The highest BCUT2D eigenvalue weighted by Crippen LogP contribution is 2.62. The average molecular weight is 706 g/mol. The van der Waals surface area contributed by atoms with Crippen molar-refractivity contribution >= 4 is 48.9 Å². The molecule has 4 heterocycles. The molecular weight excluding hydrogens is 666 g/mol. The Hall–Kier alpha value is -4.84. The van der Waals surface area contributed by atoms with E-state index in [1.54, 1.807) is 46.0 Å². The Bertz CT molecular complexity index is 2040. The number of aliphatic hydroxyl groups is 1. The second-order valence-corrected chi connectivity index (χ2v) is 18.3. The molecule has 51 heavy (non-hydrogen) atoms. The molecule has 4 aliphatic rings. The molecule has 1 saturated heterocycles. The van der Waals surface area contributed by atoms with Gasteiger partial charge in [0.25, 0.3) is 11.8 Å². The lowest BCUT2D eigenvalue weighted by Gasteiger charge is -2.37. The van der Waals surface area contributed by atoms with Crippen LogP contribution in [0.25, 0.3) is 0 Å². The topological polar surface area (TPSA) is 99.6 Å². The highest BCUT2D eigenvalue weighted by Gasteiger charge is 2.67. The Balaban J connectivity index is 1.23. The minimum absolute atomic E-state index is 0.140. The summed E-state index contributed by atoms with van der Waals surface area (Å²) in [4.78, 5) is 47.5. The van der Waals surface area contributed by atoms with E-state index >= 15 is 8.90 Å². The van der Waals surface area contributed by atoms with Gasteiger partial charge in [0.1, 0.15) is 5.75 Å². The van der Waals surface area contributed by atoms with Gasteiger partial charge < -0.3 is 23.6 Å². The zero-order valence-electron chi connectivity index (χ0n) is 28.8. The number of carbonyl (C=O) groups excluding carboxylic acids is 3. The second-order valence-electron chi connectivity index (χ2n) is 14.5. The molecule has 0 saturated carbocycles.